The van der Waals surface area contributed by atoms with Crippen LogP contribution in [0.4, 0.5) is 15.8 Å². The minimum Gasteiger partial charge on any atom is -0.497 e. The number of amides is 1. The van der Waals surface area contributed by atoms with E-state index in [1.54, 1.807) is 0 Å². The molecular weight excluding hydrogens is 481 g/mol. The highest BCUT2D eigenvalue weighted by molar-refractivity contribution is 7.92. The van der Waals surface area contributed by atoms with Gasteiger partial charge in [0.1, 0.15) is 18.1 Å². The van der Waals surface area contributed by atoms with Gasteiger partial charge in [0, 0.05) is 25.3 Å². The maximum absolute atomic E-state index is 13.5. The minimum absolute atomic E-state index is 0.00581. The van der Waals surface area contributed by atoms with Crippen molar-refractivity contribution in [3.8, 4) is 5.75 Å². The maximum Gasteiger partial charge on any atom is 0.264 e. The van der Waals surface area contributed by atoms with E-state index in [4.69, 9.17) is 4.74 Å². The van der Waals surface area contributed by atoms with Crippen molar-refractivity contribution in [2.75, 3.05) is 35.9 Å². The van der Waals surface area contributed by atoms with E-state index < -0.39 is 28.3 Å². The van der Waals surface area contributed by atoms with Crippen molar-refractivity contribution in [1.29, 1.82) is 0 Å². The molecule has 9 heteroatoms. The summed E-state index contributed by atoms with van der Waals surface area (Å²) in [7, 11) is -2.61. The molecule has 1 saturated heterocycles. The van der Waals surface area contributed by atoms with Crippen LogP contribution in [-0.2, 0) is 21.4 Å². The van der Waals surface area contributed by atoms with Gasteiger partial charge in [0.05, 0.1) is 17.7 Å². The zero-order valence-corrected chi connectivity index (χ0v) is 21.0. The average Bonchev–Trinajstić information content (AvgIpc) is 2.92. The van der Waals surface area contributed by atoms with Gasteiger partial charge in [-0.25, -0.2) is 12.8 Å². The molecule has 36 heavy (non-hydrogen) atoms. The topological polar surface area (TPSA) is 79.0 Å². The lowest BCUT2D eigenvalue weighted by Gasteiger charge is -2.28. The van der Waals surface area contributed by atoms with Crippen molar-refractivity contribution in [3.05, 3.63) is 84.2 Å². The zero-order valence-electron chi connectivity index (χ0n) is 20.2. The Bertz CT molecular complexity index is 1260. The summed E-state index contributed by atoms with van der Waals surface area (Å²) in [4.78, 5) is 15.2. The molecule has 0 unspecified atom stereocenters. The lowest BCUT2D eigenvalue weighted by molar-refractivity contribution is -0.119. The Balaban J connectivity index is 1.46. The van der Waals surface area contributed by atoms with E-state index >= 15 is 0 Å². The molecule has 3 aromatic rings. The summed E-state index contributed by atoms with van der Waals surface area (Å²) in [5.74, 6) is -0.471. The molecule has 0 saturated carbocycles. The van der Waals surface area contributed by atoms with Gasteiger partial charge in [0.25, 0.3) is 10.0 Å². The maximum atomic E-state index is 13.5. The largest absolute Gasteiger partial charge is 0.497 e. The van der Waals surface area contributed by atoms with Crippen LogP contribution in [0, 0.1) is 5.82 Å². The third-order valence-electron chi connectivity index (χ3n) is 6.20. The first-order valence-electron chi connectivity index (χ1n) is 11.9. The molecule has 0 bridgehead atoms. The SMILES string of the molecule is COc1ccc(S(=O)(=O)N(CC(=O)NCc2ccc(N3CCCCC3)cc2)c2ccc(F)cc2)cc1. The molecule has 0 aromatic heterocycles. The molecule has 0 spiro atoms. The van der Waals surface area contributed by atoms with Crippen molar-refractivity contribution >= 4 is 27.3 Å². The van der Waals surface area contributed by atoms with Gasteiger partial charge in [0.2, 0.25) is 5.91 Å². The van der Waals surface area contributed by atoms with Gasteiger partial charge in [-0.1, -0.05) is 12.1 Å². The fourth-order valence-corrected chi connectivity index (χ4v) is 5.58. The van der Waals surface area contributed by atoms with E-state index in [-0.39, 0.29) is 17.1 Å². The van der Waals surface area contributed by atoms with Crippen molar-refractivity contribution in [3.63, 3.8) is 0 Å². The Kier molecular flexibility index (Phi) is 8.10. The molecule has 190 valence electrons. The molecule has 7 nitrogen and oxygen atoms in total. The number of halogens is 1. The van der Waals surface area contributed by atoms with Crippen LogP contribution in [0.25, 0.3) is 0 Å². The normalized spacial score (nSPS) is 13.8. The summed E-state index contributed by atoms with van der Waals surface area (Å²) in [6.07, 6.45) is 3.66. The van der Waals surface area contributed by atoms with Crippen LogP contribution in [-0.4, -0.2) is 41.1 Å². The third kappa shape index (κ3) is 6.15. The Hall–Kier alpha value is -3.59. The standard InChI is InChI=1S/C27H30FN3O4S/c1-35-25-13-15-26(16-14-25)36(33,34)31(24-11-7-22(28)8-12-24)20-27(32)29-19-21-5-9-23(10-6-21)30-17-3-2-4-18-30/h5-16H,2-4,17-20H2,1H3,(H,29,32). The number of nitrogens with one attached hydrogen (secondary N) is 1. The number of benzene rings is 3. The molecule has 3 aromatic carbocycles. The molecule has 1 aliphatic rings. The third-order valence-corrected chi connectivity index (χ3v) is 7.98. The number of nitrogens with zero attached hydrogens (tertiary/aromatic N) is 2. The Labute approximate surface area is 211 Å². The number of rotatable bonds is 9. The first kappa shape index (κ1) is 25.5. The zero-order chi connectivity index (χ0) is 25.5. The van der Waals surface area contributed by atoms with Gasteiger partial charge in [-0.15, -0.1) is 0 Å². The summed E-state index contributed by atoms with van der Waals surface area (Å²) in [5.41, 5.74) is 2.27. The first-order valence-corrected chi connectivity index (χ1v) is 13.3. The van der Waals surface area contributed by atoms with Crippen molar-refractivity contribution in [2.24, 2.45) is 0 Å². The summed E-state index contributed by atoms with van der Waals surface area (Å²) in [5, 5.41) is 2.80. The number of carbonyl (C=O) groups excluding carboxylic acids is 1. The highest BCUT2D eigenvalue weighted by Gasteiger charge is 2.27. The molecule has 1 aliphatic heterocycles. The van der Waals surface area contributed by atoms with E-state index in [1.165, 1.54) is 62.8 Å². The fourth-order valence-electron chi connectivity index (χ4n) is 4.16. The van der Waals surface area contributed by atoms with Gasteiger partial charge >= 0.3 is 0 Å². The van der Waals surface area contributed by atoms with E-state index in [1.807, 2.05) is 24.3 Å². The van der Waals surface area contributed by atoms with E-state index in [2.05, 4.69) is 10.2 Å². The molecule has 0 aliphatic carbocycles. The van der Waals surface area contributed by atoms with Gasteiger partial charge in [-0.05, 0) is 85.5 Å². The minimum atomic E-state index is -4.10. The highest BCUT2D eigenvalue weighted by atomic mass is 32.2. The van der Waals surface area contributed by atoms with Crippen LogP contribution in [0.15, 0.2) is 77.7 Å². The van der Waals surface area contributed by atoms with Gasteiger partial charge < -0.3 is 15.0 Å². The van der Waals surface area contributed by atoms with E-state index in [9.17, 15) is 17.6 Å². The number of piperidine rings is 1. The van der Waals surface area contributed by atoms with Crippen LogP contribution in [0.3, 0.4) is 0 Å². The quantitative estimate of drug-likeness (QED) is 0.463. The smallest absolute Gasteiger partial charge is 0.264 e. The summed E-state index contributed by atoms with van der Waals surface area (Å²) < 4.78 is 46.4. The van der Waals surface area contributed by atoms with E-state index in [0.29, 0.717) is 5.75 Å². The molecular formula is C27H30FN3O4S. The number of anilines is 2. The number of methoxy groups -OCH3 is 1. The number of carbonyl (C=O) groups is 1. The first-order chi connectivity index (χ1) is 17.4. The van der Waals surface area contributed by atoms with Gasteiger partial charge in [-0.2, -0.15) is 0 Å². The van der Waals surface area contributed by atoms with E-state index in [0.717, 1.165) is 40.8 Å². The molecule has 1 N–H and O–H groups in total. The second kappa shape index (κ2) is 11.4. The molecule has 1 heterocycles. The number of ether oxygens (including phenoxy) is 1. The number of hydrogen-bond acceptors (Lipinski definition) is 5. The molecule has 1 fully saturated rings. The lowest BCUT2D eigenvalue weighted by Crippen LogP contribution is -2.40. The highest BCUT2D eigenvalue weighted by Crippen LogP contribution is 2.25. The summed E-state index contributed by atoms with van der Waals surface area (Å²) in [6, 6.07) is 18.9. The fraction of sp³-hybridized carbons (Fsp3) is 0.296. The Morgan fingerprint density at radius 1 is 0.944 bits per heavy atom. The van der Waals surface area contributed by atoms with Crippen LogP contribution in [0.5, 0.6) is 5.75 Å². The van der Waals surface area contributed by atoms with Crippen LogP contribution >= 0.6 is 0 Å². The van der Waals surface area contributed by atoms with Crippen LogP contribution in [0.2, 0.25) is 0 Å². The molecule has 4 rings (SSSR count). The van der Waals surface area contributed by atoms with Crippen LogP contribution < -0.4 is 19.3 Å². The van der Waals surface area contributed by atoms with Crippen molar-refractivity contribution in [1.82, 2.24) is 5.32 Å². The van der Waals surface area contributed by atoms with Gasteiger partial charge in [-0.3, -0.25) is 9.10 Å². The lowest BCUT2D eigenvalue weighted by atomic mass is 10.1. The summed E-state index contributed by atoms with van der Waals surface area (Å²) in [6.45, 7) is 1.92. The molecule has 0 atom stereocenters. The Morgan fingerprint density at radius 2 is 1.58 bits per heavy atom. The summed E-state index contributed by atoms with van der Waals surface area (Å²) >= 11 is 0. The second-order valence-electron chi connectivity index (χ2n) is 8.65. The second-order valence-corrected chi connectivity index (χ2v) is 10.5. The monoisotopic (exact) mass is 511 g/mol. The van der Waals surface area contributed by atoms with Crippen molar-refractivity contribution < 1.29 is 22.3 Å². The van der Waals surface area contributed by atoms with Crippen LogP contribution in [0.1, 0.15) is 24.8 Å². The molecule has 1 amide bonds. The van der Waals surface area contributed by atoms with Gasteiger partial charge in [0.15, 0.2) is 0 Å². The average molecular weight is 512 g/mol. The van der Waals surface area contributed by atoms with Crippen molar-refractivity contribution in [2.45, 2.75) is 30.7 Å². The Morgan fingerprint density at radius 3 is 2.19 bits per heavy atom. The predicted octanol–water partition coefficient (Wildman–Crippen LogP) is 4.34. The molecule has 0 radical (unpaired) electrons. The number of hydrogen-bond donors (Lipinski definition) is 1. The number of sulfonamides is 1. The predicted molar refractivity (Wildman–Crippen MR) is 138 cm³/mol.